The summed E-state index contributed by atoms with van der Waals surface area (Å²) in [6.45, 7) is 5.62. The average Bonchev–Trinajstić information content (AvgIpc) is 3.50. The lowest BCUT2D eigenvalue weighted by atomic mass is 9.99. The lowest BCUT2D eigenvalue weighted by Gasteiger charge is -2.41. The Hall–Kier alpha value is -2.90. The third-order valence-corrected chi connectivity index (χ3v) is 15.8. The lowest BCUT2D eigenvalue weighted by Crippen LogP contribution is -2.61. The largest absolute Gasteiger partial charge is 0.454 e. The Labute approximate surface area is 496 Å². The van der Waals surface area contributed by atoms with Crippen LogP contribution >= 0.6 is 0 Å². The summed E-state index contributed by atoms with van der Waals surface area (Å²) >= 11 is 0. The zero-order valence-corrected chi connectivity index (χ0v) is 52.1. The van der Waals surface area contributed by atoms with Crippen molar-refractivity contribution in [3.8, 4) is 0 Å². The maximum atomic E-state index is 13.4. The number of esters is 1. The minimum atomic E-state index is -1.63. The molecule has 0 aromatic carbocycles. The highest BCUT2D eigenvalue weighted by atomic mass is 16.7. The lowest BCUT2D eigenvalue weighted by molar-refractivity contribution is -0.305. The van der Waals surface area contributed by atoms with E-state index in [0.29, 0.717) is 12.8 Å². The van der Waals surface area contributed by atoms with Crippen molar-refractivity contribution in [1.82, 2.24) is 5.32 Å². The van der Waals surface area contributed by atoms with Crippen LogP contribution < -0.4 is 5.32 Å². The van der Waals surface area contributed by atoms with Crippen molar-refractivity contribution in [1.29, 1.82) is 0 Å². The van der Waals surface area contributed by atoms with Crippen LogP contribution in [0.15, 0.2) is 72.9 Å². The van der Waals surface area contributed by atoms with Crippen molar-refractivity contribution in [2.75, 3.05) is 13.2 Å². The van der Waals surface area contributed by atoms with Gasteiger partial charge in [-0.3, -0.25) is 9.59 Å². The number of carbonyl (C=O) groups excluding carboxylic acids is 2. The van der Waals surface area contributed by atoms with Crippen LogP contribution in [0.1, 0.15) is 297 Å². The van der Waals surface area contributed by atoms with E-state index in [1.807, 2.05) is 60.8 Å². The van der Waals surface area contributed by atoms with Gasteiger partial charge in [-0.05, 0) is 38.5 Å². The van der Waals surface area contributed by atoms with Crippen LogP contribution in [0, 0.1) is 0 Å². The number of ether oxygens (including phenoxy) is 3. The van der Waals surface area contributed by atoms with Gasteiger partial charge >= 0.3 is 5.97 Å². The molecule has 1 rings (SSSR count). The standard InChI is InChI=1S/C70H125NO10/c1-4-7-10-13-16-19-22-25-26-27-28-29-30-31-32-33-34-35-36-37-38-40-43-46-49-52-55-58-65(75)81-68-67(77)66(76)64(59-72)80-70(68)79-60-61(62(73)56-53-50-47-44-42-39-23-20-17-14-11-8-5-2)71-69(78)63(74)57-54-51-48-45-41-24-21-18-15-12-9-6-3/h9,12,15,18,21,24,41,45,48,51,53,56,61-64,66-68,70,72-74,76-77H,4-8,10-11,13-14,16-17,19-20,22-23,25-40,42-44,46-47,49-50,52,54-55,57-60H2,1-3H3,(H,71,78)/b12-9+,18-15+,24-21-,45-41-,51-48+,56-53+. The third kappa shape index (κ3) is 45.2. The molecule has 11 heteroatoms. The van der Waals surface area contributed by atoms with Gasteiger partial charge in [0.05, 0.1) is 25.4 Å². The van der Waals surface area contributed by atoms with E-state index in [1.54, 1.807) is 6.08 Å². The molecule has 0 spiro atoms. The van der Waals surface area contributed by atoms with Gasteiger partial charge in [0, 0.05) is 6.42 Å². The van der Waals surface area contributed by atoms with Gasteiger partial charge in [0.25, 0.3) is 0 Å². The molecule has 8 atom stereocenters. The first kappa shape index (κ1) is 76.1. The van der Waals surface area contributed by atoms with Crippen LogP contribution in [0.25, 0.3) is 0 Å². The maximum Gasteiger partial charge on any atom is 0.306 e. The summed E-state index contributed by atoms with van der Waals surface area (Å²) in [5.41, 5.74) is 0. The number of unbranched alkanes of at least 4 members (excludes halogenated alkanes) is 37. The molecule has 0 saturated carbocycles. The zero-order chi connectivity index (χ0) is 58.9. The fourth-order valence-electron chi connectivity index (χ4n) is 10.4. The van der Waals surface area contributed by atoms with Crippen LogP contribution in [-0.4, -0.2) is 99.6 Å². The Kier molecular flexibility index (Phi) is 54.1. The number of aliphatic hydroxyl groups excluding tert-OH is 5. The summed E-state index contributed by atoms with van der Waals surface area (Å²) in [4.78, 5) is 26.5. The molecule has 81 heavy (non-hydrogen) atoms. The molecule has 1 aliphatic rings. The van der Waals surface area contributed by atoms with Crippen LogP contribution in [0.4, 0.5) is 0 Å². The predicted octanol–water partition coefficient (Wildman–Crippen LogP) is 16.7. The van der Waals surface area contributed by atoms with Crippen molar-refractivity contribution in [3.63, 3.8) is 0 Å². The number of rotatable bonds is 57. The summed E-state index contributed by atoms with van der Waals surface area (Å²) in [5.74, 6) is -1.27. The van der Waals surface area contributed by atoms with Gasteiger partial charge in [-0.25, -0.2) is 0 Å². The predicted molar refractivity (Wildman–Crippen MR) is 338 cm³/mol. The van der Waals surface area contributed by atoms with Crippen molar-refractivity contribution >= 4 is 11.9 Å². The van der Waals surface area contributed by atoms with Gasteiger partial charge in [-0.15, -0.1) is 0 Å². The van der Waals surface area contributed by atoms with E-state index in [0.717, 1.165) is 51.4 Å². The molecule has 11 nitrogen and oxygen atoms in total. The Morgan fingerprint density at radius 1 is 0.494 bits per heavy atom. The molecule has 1 aliphatic heterocycles. The van der Waals surface area contributed by atoms with E-state index in [1.165, 1.54) is 199 Å². The highest BCUT2D eigenvalue weighted by molar-refractivity contribution is 5.80. The monoisotopic (exact) mass is 1140 g/mol. The molecular formula is C70H125NO10. The van der Waals surface area contributed by atoms with Gasteiger partial charge < -0.3 is 45.1 Å². The molecule has 1 saturated heterocycles. The summed E-state index contributed by atoms with van der Waals surface area (Å²) in [5, 5.41) is 56.9. The first-order chi connectivity index (χ1) is 39.7. The highest BCUT2D eigenvalue weighted by Crippen LogP contribution is 2.26. The molecule has 0 bridgehead atoms. The second-order valence-electron chi connectivity index (χ2n) is 23.3. The molecule has 1 fully saturated rings. The quantitative estimate of drug-likeness (QED) is 0.0149. The third-order valence-electron chi connectivity index (χ3n) is 15.8. The zero-order valence-electron chi connectivity index (χ0n) is 52.1. The van der Waals surface area contributed by atoms with Gasteiger partial charge in [0.1, 0.15) is 24.4 Å². The molecule has 8 unspecified atom stereocenters. The molecule has 0 aliphatic carbocycles. The van der Waals surface area contributed by atoms with E-state index in [9.17, 15) is 35.1 Å². The molecule has 0 aromatic heterocycles. The summed E-state index contributed by atoms with van der Waals surface area (Å²) in [6.07, 6.45) is 64.2. The minimum Gasteiger partial charge on any atom is -0.454 e. The minimum absolute atomic E-state index is 0.116. The second-order valence-corrected chi connectivity index (χ2v) is 23.3. The van der Waals surface area contributed by atoms with Crippen molar-refractivity contribution in [3.05, 3.63) is 72.9 Å². The van der Waals surface area contributed by atoms with Crippen LogP contribution in [0.3, 0.4) is 0 Å². The number of amides is 1. The SMILES string of the molecule is CC/C=C/C=C/C=C\C=C/C=C/CCC(O)C(=O)NC(COC1OC(CO)C(O)C(O)C1OC(=O)CCCCCCCCCCCCCCCCCCCCCCCCCCCCC)C(O)/C=C/CCCCCCCCCCCCC. The maximum absolute atomic E-state index is 13.4. The van der Waals surface area contributed by atoms with Crippen molar-refractivity contribution in [2.24, 2.45) is 0 Å². The Balaban J connectivity index is 2.55. The molecule has 1 amide bonds. The number of hydrogen-bond donors (Lipinski definition) is 6. The molecule has 6 N–H and O–H groups in total. The van der Waals surface area contributed by atoms with E-state index in [-0.39, 0.29) is 19.4 Å². The number of aliphatic hydroxyl groups is 5. The van der Waals surface area contributed by atoms with Gasteiger partial charge in [-0.1, -0.05) is 325 Å². The number of carbonyl (C=O) groups is 2. The molecule has 1 heterocycles. The van der Waals surface area contributed by atoms with Gasteiger partial charge in [-0.2, -0.15) is 0 Å². The Morgan fingerprint density at radius 2 is 0.889 bits per heavy atom. The van der Waals surface area contributed by atoms with Crippen LogP contribution in [0.2, 0.25) is 0 Å². The number of hydrogen-bond acceptors (Lipinski definition) is 10. The number of nitrogens with one attached hydrogen (secondary N) is 1. The van der Waals surface area contributed by atoms with E-state index in [2.05, 4.69) is 32.2 Å². The van der Waals surface area contributed by atoms with Gasteiger partial charge in [0.15, 0.2) is 12.4 Å². The normalized spacial score (nSPS) is 19.1. The Morgan fingerprint density at radius 3 is 1.31 bits per heavy atom. The Bertz CT molecular complexity index is 1590. The highest BCUT2D eigenvalue weighted by Gasteiger charge is 2.47. The number of allylic oxidation sites excluding steroid dienone is 11. The molecule has 0 aromatic rings. The van der Waals surface area contributed by atoms with Crippen LogP contribution in [0.5, 0.6) is 0 Å². The smallest absolute Gasteiger partial charge is 0.306 e. The van der Waals surface area contributed by atoms with Crippen molar-refractivity contribution in [2.45, 2.75) is 346 Å². The fourth-order valence-corrected chi connectivity index (χ4v) is 10.4. The fraction of sp³-hybridized carbons (Fsp3) is 0.800. The molecule has 0 radical (unpaired) electrons. The van der Waals surface area contributed by atoms with E-state index < -0.39 is 67.4 Å². The molecule has 470 valence electrons. The first-order valence-corrected chi connectivity index (χ1v) is 33.8. The summed E-state index contributed by atoms with van der Waals surface area (Å²) in [6, 6.07) is -1.06. The van der Waals surface area contributed by atoms with Crippen LogP contribution in [-0.2, 0) is 23.8 Å². The van der Waals surface area contributed by atoms with E-state index in [4.69, 9.17) is 14.2 Å². The first-order valence-electron chi connectivity index (χ1n) is 33.8. The topological polar surface area (TPSA) is 175 Å². The van der Waals surface area contributed by atoms with Gasteiger partial charge in [0.2, 0.25) is 5.91 Å². The average molecular weight is 1140 g/mol. The van der Waals surface area contributed by atoms with Crippen molar-refractivity contribution < 1.29 is 49.3 Å². The van der Waals surface area contributed by atoms with E-state index >= 15 is 0 Å². The summed E-state index contributed by atoms with van der Waals surface area (Å²) < 4.78 is 17.6. The summed E-state index contributed by atoms with van der Waals surface area (Å²) in [7, 11) is 0. The molecular weight excluding hydrogens is 1010 g/mol. The second kappa shape index (κ2) is 57.5.